The quantitative estimate of drug-likeness (QED) is 0.790. The van der Waals surface area contributed by atoms with E-state index in [2.05, 4.69) is 10.4 Å². The van der Waals surface area contributed by atoms with Crippen molar-refractivity contribution in [1.82, 2.24) is 24.9 Å². The number of hydrogen-bond acceptors (Lipinski definition) is 4. The van der Waals surface area contributed by atoms with Crippen molar-refractivity contribution in [3.63, 3.8) is 0 Å². The fourth-order valence-electron chi connectivity index (χ4n) is 3.24. The van der Waals surface area contributed by atoms with Crippen molar-refractivity contribution in [2.75, 3.05) is 26.7 Å². The molecular formula is C20H24FN5O3. The van der Waals surface area contributed by atoms with Crippen LogP contribution < -0.4 is 5.32 Å². The Hall–Kier alpha value is -3.23. The lowest BCUT2D eigenvalue weighted by Crippen LogP contribution is -2.38. The highest BCUT2D eigenvalue weighted by molar-refractivity contribution is 5.99. The molecule has 29 heavy (non-hydrogen) atoms. The van der Waals surface area contributed by atoms with Crippen molar-refractivity contribution in [2.24, 2.45) is 0 Å². The minimum absolute atomic E-state index is 0.0838. The highest BCUT2D eigenvalue weighted by atomic mass is 19.1. The number of halogens is 1. The molecule has 0 aliphatic carbocycles. The molecule has 0 radical (unpaired) electrons. The number of fused-ring (bicyclic) bond motifs is 1. The van der Waals surface area contributed by atoms with Gasteiger partial charge in [-0.25, -0.2) is 4.39 Å². The number of carbonyl (C=O) groups excluding carboxylic acids is 3. The van der Waals surface area contributed by atoms with E-state index in [0.717, 1.165) is 5.56 Å². The summed E-state index contributed by atoms with van der Waals surface area (Å²) in [5, 5.41) is 6.92. The molecule has 2 heterocycles. The van der Waals surface area contributed by atoms with E-state index in [9.17, 15) is 18.8 Å². The minimum atomic E-state index is -0.422. The molecule has 1 aliphatic heterocycles. The summed E-state index contributed by atoms with van der Waals surface area (Å²) in [5.41, 5.74) is 1.29. The second-order valence-corrected chi connectivity index (χ2v) is 6.96. The molecule has 8 nitrogen and oxygen atoms in total. The normalized spacial score (nSPS) is 13.6. The number of nitrogens with zero attached hydrogens (tertiary/aromatic N) is 4. The van der Waals surface area contributed by atoms with Crippen LogP contribution in [-0.4, -0.2) is 64.0 Å². The fourth-order valence-corrected chi connectivity index (χ4v) is 3.24. The Balaban J connectivity index is 1.75. The van der Waals surface area contributed by atoms with Crippen LogP contribution >= 0.6 is 0 Å². The van der Waals surface area contributed by atoms with Crippen molar-refractivity contribution in [2.45, 2.75) is 26.4 Å². The molecule has 3 rings (SSSR count). The largest absolute Gasteiger partial charge is 0.355 e. The Morgan fingerprint density at radius 3 is 2.66 bits per heavy atom. The minimum Gasteiger partial charge on any atom is -0.355 e. The van der Waals surface area contributed by atoms with Gasteiger partial charge in [0.1, 0.15) is 11.5 Å². The summed E-state index contributed by atoms with van der Waals surface area (Å²) in [6.45, 7) is 3.60. The molecule has 1 aliphatic rings. The number of nitrogens with one attached hydrogen (secondary N) is 1. The highest BCUT2D eigenvalue weighted by Crippen LogP contribution is 2.17. The third-order valence-electron chi connectivity index (χ3n) is 4.69. The van der Waals surface area contributed by atoms with Gasteiger partial charge >= 0.3 is 0 Å². The fraction of sp³-hybridized carbons (Fsp3) is 0.400. The molecule has 1 N–H and O–H groups in total. The number of aryl methyl sites for hydroxylation is 1. The van der Waals surface area contributed by atoms with E-state index in [0.29, 0.717) is 38.3 Å². The van der Waals surface area contributed by atoms with Crippen LogP contribution in [0, 0.1) is 5.82 Å². The van der Waals surface area contributed by atoms with Crippen LogP contribution in [0.15, 0.2) is 30.3 Å². The van der Waals surface area contributed by atoms with Crippen LogP contribution in [0.5, 0.6) is 0 Å². The van der Waals surface area contributed by atoms with Crippen LogP contribution in [0.3, 0.4) is 0 Å². The van der Waals surface area contributed by atoms with Crippen LogP contribution in [0.25, 0.3) is 0 Å². The van der Waals surface area contributed by atoms with Gasteiger partial charge in [-0.2, -0.15) is 5.10 Å². The second-order valence-electron chi connectivity index (χ2n) is 6.96. The predicted molar refractivity (Wildman–Crippen MR) is 104 cm³/mol. The van der Waals surface area contributed by atoms with Crippen molar-refractivity contribution >= 4 is 17.7 Å². The number of carbonyl (C=O) groups is 3. The molecule has 9 heteroatoms. The van der Waals surface area contributed by atoms with Gasteiger partial charge in [0.2, 0.25) is 5.91 Å². The lowest BCUT2D eigenvalue weighted by Gasteiger charge is -2.20. The summed E-state index contributed by atoms with van der Waals surface area (Å²) in [4.78, 5) is 40.2. The van der Waals surface area contributed by atoms with Crippen molar-refractivity contribution < 1.29 is 18.8 Å². The van der Waals surface area contributed by atoms with Crippen LogP contribution in [0.1, 0.15) is 39.9 Å². The Morgan fingerprint density at radius 2 is 1.97 bits per heavy atom. The molecule has 0 atom stereocenters. The van der Waals surface area contributed by atoms with Crippen LogP contribution in [0.2, 0.25) is 0 Å². The molecular weight excluding hydrogens is 377 g/mol. The summed E-state index contributed by atoms with van der Waals surface area (Å²) in [7, 11) is 1.52. The number of aromatic nitrogens is 2. The van der Waals surface area contributed by atoms with E-state index in [-0.39, 0.29) is 29.9 Å². The first-order valence-electron chi connectivity index (χ1n) is 9.52. The monoisotopic (exact) mass is 401 g/mol. The Kier molecular flexibility index (Phi) is 6.26. The first-order valence-corrected chi connectivity index (χ1v) is 9.52. The first-order chi connectivity index (χ1) is 13.9. The molecule has 0 bridgehead atoms. The number of amides is 3. The average Bonchev–Trinajstić information content (AvgIpc) is 3.06. The SMILES string of the molecule is CCNC(=O)CN(C)C(=O)c1cc2n(n1)CCCN(Cc1ccc(F)cc1)C2=O. The third-order valence-corrected chi connectivity index (χ3v) is 4.69. The molecule has 2 aromatic rings. The number of likely N-dealkylation sites (N-methyl/N-ethyl adjacent to an activating group) is 2. The lowest BCUT2D eigenvalue weighted by atomic mass is 10.2. The summed E-state index contributed by atoms with van der Waals surface area (Å²) in [6, 6.07) is 7.50. The summed E-state index contributed by atoms with van der Waals surface area (Å²) in [6.07, 6.45) is 0.685. The Morgan fingerprint density at radius 1 is 1.24 bits per heavy atom. The van der Waals surface area contributed by atoms with E-state index in [4.69, 9.17) is 0 Å². The van der Waals surface area contributed by atoms with Gasteiger partial charge in [-0.05, 0) is 31.0 Å². The first kappa shape index (κ1) is 20.5. The van der Waals surface area contributed by atoms with Gasteiger partial charge < -0.3 is 15.1 Å². The smallest absolute Gasteiger partial charge is 0.274 e. The standard InChI is InChI=1S/C20H24FN5O3/c1-3-22-18(27)13-24(2)19(28)16-11-17-20(29)25(9-4-10-26(17)23-16)12-14-5-7-15(21)8-6-14/h5-8,11H,3-4,9-10,12-13H2,1-2H3,(H,22,27). The maximum atomic E-state index is 13.1. The van der Waals surface area contributed by atoms with Gasteiger partial charge in [-0.1, -0.05) is 12.1 Å². The molecule has 0 saturated heterocycles. The maximum Gasteiger partial charge on any atom is 0.274 e. The second kappa shape index (κ2) is 8.85. The van der Waals surface area contributed by atoms with Gasteiger partial charge in [-0.15, -0.1) is 0 Å². The zero-order valence-corrected chi connectivity index (χ0v) is 16.5. The highest BCUT2D eigenvalue weighted by Gasteiger charge is 2.27. The predicted octanol–water partition coefficient (Wildman–Crippen LogP) is 1.28. The van der Waals surface area contributed by atoms with Gasteiger partial charge in [-0.3, -0.25) is 19.1 Å². The zero-order chi connectivity index (χ0) is 21.0. The van der Waals surface area contributed by atoms with E-state index in [1.54, 1.807) is 28.6 Å². The van der Waals surface area contributed by atoms with Crippen LogP contribution in [-0.2, 0) is 17.9 Å². The van der Waals surface area contributed by atoms with Crippen molar-refractivity contribution in [1.29, 1.82) is 0 Å². The number of rotatable bonds is 6. The van der Waals surface area contributed by atoms with E-state index >= 15 is 0 Å². The lowest BCUT2D eigenvalue weighted by molar-refractivity contribution is -0.121. The summed E-state index contributed by atoms with van der Waals surface area (Å²) < 4.78 is 14.7. The summed E-state index contributed by atoms with van der Waals surface area (Å²) >= 11 is 0. The molecule has 0 saturated carbocycles. The van der Waals surface area contributed by atoms with Gasteiger partial charge in [0.25, 0.3) is 11.8 Å². The van der Waals surface area contributed by atoms with Gasteiger partial charge in [0, 0.05) is 39.3 Å². The zero-order valence-electron chi connectivity index (χ0n) is 16.5. The average molecular weight is 401 g/mol. The maximum absolute atomic E-state index is 13.1. The van der Waals surface area contributed by atoms with E-state index < -0.39 is 5.91 Å². The van der Waals surface area contributed by atoms with E-state index in [1.807, 2.05) is 0 Å². The molecule has 154 valence electrons. The Labute approximate surface area is 168 Å². The summed E-state index contributed by atoms with van der Waals surface area (Å²) in [5.74, 6) is -1.24. The van der Waals surface area contributed by atoms with Crippen molar-refractivity contribution in [3.8, 4) is 0 Å². The molecule has 3 amide bonds. The van der Waals surface area contributed by atoms with Gasteiger partial charge in [0.15, 0.2) is 5.69 Å². The number of benzene rings is 1. The third kappa shape index (κ3) is 4.79. The Bertz CT molecular complexity index is 909. The molecule has 1 aromatic heterocycles. The van der Waals surface area contributed by atoms with Crippen molar-refractivity contribution in [3.05, 3.63) is 53.1 Å². The molecule has 0 fully saturated rings. The van der Waals surface area contributed by atoms with E-state index in [1.165, 1.54) is 30.1 Å². The topological polar surface area (TPSA) is 87.5 Å². The van der Waals surface area contributed by atoms with Crippen LogP contribution in [0.4, 0.5) is 4.39 Å². The molecule has 1 aromatic carbocycles. The number of hydrogen-bond donors (Lipinski definition) is 1. The molecule has 0 unspecified atom stereocenters. The molecule has 0 spiro atoms. The van der Waals surface area contributed by atoms with Gasteiger partial charge in [0.05, 0.1) is 6.54 Å².